The zero-order valence-electron chi connectivity index (χ0n) is 18.8. The van der Waals surface area contributed by atoms with Crippen LogP contribution in [-0.2, 0) is 9.05 Å². The Bertz CT molecular complexity index is 1650. The number of hydrogen-bond donors (Lipinski definition) is 1. The molecule has 0 radical (unpaired) electrons. The molecule has 0 fully saturated rings. The van der Waals surface area contributed by atoms with Crippen molar-refractivity contribution >= 4 is 60.5 Å². The third-order valence-electron chi connectivity index (χ3n) is 5.75. The van der Waals surface area contributed by atoms with Crippen LogP contribution in [0.2, 0.25) is 0 Å². The topological polar surface area (TPSA) is 94.3 Å². The van der Waals surface area contributed by atoms with Crippen LogP contribution in [0.3, 0.4) is 0 Å². The smallest absolute Gasteiger partial charge is 0.261 e. The van der Waals surface area contributed by atoms with Crippen molar-refractivity contribution in [1.29, 1.82) is 0 Å². The molecule has 0 heterocycles. The number of nitrogens with two attached hydrogens (primary N) is 1. The number of hydrogen-bond acceptors (Lipinski definition) is 7. The molecule has 5 rings (SSSR count). The summed E-state index contributed by atoms with van der Waals surface area (Å²) in [7, 11) is 1.58. The van der Waals surface area contributed by atoms with Gasteiger partial charge in [-0.2, -0.15) is 0 Å². The molecule has 0 bridgehead atoms. The first kappa shape index (κ1) is 24.6. The minimum Gasteiger partial charge on any atom is -0.397 e. The van der Waals surface area contributed by atoms with Gasteiger partial charge in [0.1, 0.15) is 0 Å². The van der Waals surface area contributed by atoms with Crippen molar-refractivity contribution in [2.75, 3.05) is 5.73 Å². The van der Waals surface area contributed by atoms with Gasteiger partial charge in [0.25, 0.3) is 9.05 Å². The fourth-order valence-corrected chi connectivity index (χ4v) is 6.71. The maximum absolute atomic E-state index is 13.6. The first-order chi connectivity index (χ1) is 17.1. The normalized spacial score (nSPS) is 12.8. The molecule has 0 saturated heterocycles. The van der Waals surface area contributed by atoms with Crippen molar-refractivity contribution in [3.63, 3.8) is 0 Å². The Labute approximate surface area is 221 Å². The van der Waals surface area contributed by atoms with E-state index in [-0.39, 0.29) is 27.7 Å². The van der Waals surface area contributed by atoms with Crippen LogP contribution in [-0.4, -0.2) is 20.0 Å². The van der Waals surface area contributed by atoms with Crippen LogP contribution in [0.5, 0.6) is 0 Å². The molecule has 0 saturated carbocycles. The fraction of sp³-hybridized carbons (Fsp3) is 0.0370. The van der Waals surface area contributed by atoms with Crippen LogP contribution in [0.15, 0.2) is 103 Å². The molecule has 0 spiro atoms. The molecule has 4 aromatic carbocycles. The van der Waals surface area contributed by atoms with E-state index in [0.29, 0.717) is 31.4 Å². The number of anilines is 1. The average Bonchev–Trinajstić information content (AvgIpc) is 2.85. The van der Waals surface area contributed by atoms with Crippen LogP contribution >= 0.6 is 34.2 Å². The van der Waals surface area contributed by atoms with Gasteiger partial charge >= 0.3 is 0 Å². The van der Waals surface area contributed by atoms with E-state index >= 15 is 0 Å². The van der Waals surface area contributed by atoms with Crippen LogP contribution in [0.4, 0.5) is 5.69 Å². The number of ketones is 2. The third-order valence-corrected chi connectivity index (χ3v) is 9.23. The summed E-state index contributed by atoms with van der Waals surface area (Å²) in [5.74, 6) is -0.538. The highest BCUT2D eigenvalue weighted by Crippen LogP contribution is 2.45. The lowest BCUT2D eigenvalue weighted by Gasteiger charge is -2.23. The quantitative estimate of drug-likeness (QED) is 0.195. The van der Waals surface area contributed by atoms with Crippen molar-refractivity contribution in [2.24, 2.45) is 0 Å². The van der Waals surface area contributed by atoms with Crippen molar-refractivity contribution < 1.29 is 18.0 Å². The molecule has 4 aromatic rings. The zero-order chi connectivity index (χ0) is 25.6. The highest BCUT2D eigenvalue weighted by Gasteiger charge is 2.35. The number of nitrogen functional groups attached to an aromatic ring is 1. The maximum Gasteiger partial charge on any atom is 0.261 e. The van der Waals surface area contributed by atoms with Crippen LogP contribution in [0.25, 0.3) is 0 Å². The number of carbonyl (C=O) groups is 2. The van der Waals surface area contributed by atoms with Gasteiger partial charge in [-0.3, -0.25) is 9.59 Å². The summed E-state index contributed by atoms with van der Waals surface area (Å²) in [4.78, 5) is 29.9. The van der Waals surface area contributed by atoms with E-state index < -0.39 is 9.05 Å². The predicted octanol–water partition coefficient (Wildman–Crippen LogP) is 6.58. The minimum atomic E-state index is -3.85. The summed E-state index contributed by atoms with van der Waals surface area (Å²) < 4.78 is 23.2. The SMILES string of the molecule is Cc1ccc(Sc2cc(Sc3ccc(S(=O)(=O)Cl)cc3)c(N)c3c2C(=O)c2ccccc2C3=O)cc1. The molecule has 180 valence electrons. The fourth-order valence-electron chi connectivity index (χ4n) is 3.96. The second-order valence-electron chi connectivity index (χ2n) is 8.17. The van der Waals surface area contributed by atoms with Crippen molar-refractivity contribution in [3.05, 3.63) is 107 Å². The van der Waals surface area contributed by atoms with E-state index in [0.717, 1.165) is 10.5 Å². The summed E-state index contributed by atoms with van der Waals surface area (Å²) in [5, 5.41) is 0. The maximum atomic E-state index is 13.6. The molecule has 1 aliphatic carbocycles. The summed E-state index contributed by atoms with van der Waals surface area (Å²) in [6.45, 7) is 1.99. The number of rotatable bonds is 5. The predicted molar refractivity (Wildman–Crippen MR) is 143 cm³/mol. The Morgan fingerprint density at radius 2 is 1.22 bits per heavy atom. The third kappa shape index (κ3) is 4.57. The molecule has 9 heteroatoms. The molecule has 36 heavy (non-hydrogen) atoms. The summed E-state index contributed by atoms with van der Waals surface area (Å²) in [5.41, 5.74) is 9.02. The van der Waals surface area contributed by atoms with Crippen molar-refractivity contribution in [1.82, 2.24) is 0 Å². The largest absolute Gasteiger partial charge is 0.397 e. The number of carbonyl (C=O) groups excluding carboxylic acids is 2. The van der Waals surface area contributed by atoms with Gasteiger partial charge in [0.15, 0.2) is 11.6 Å². The van der Waals surface area contributed by atoms with Gasteiger partial charge in [-0.05, 0) is 49.4 Å². The number of halogens is 1. The zero-order valence-corrected chi connectivity index (χ0v) is 22.0. The Morgan fingerprint density at radius 1 is 0.722 bits per heavy atom. The van der Waals surface area contributed by atoms with Crippen molar-refractivity contribution in [2.45, 2.75) is 31.4 Å². The van der Waals surface area contributed by atoms with Crippen LogP contribution in [0.1, 0.15) is 37.4 Å². The van der Waals surface area contributed by atoms with E-state index in [4.69, 9.17) is 16.4 Å². The molecular weight excluding hydrogens is 534 g/mol. The molecule has 0 aliphatic heterocycles. The van der Waals surface area contributed by atoms with E-state index in [1.165, 1.54) is 35.7 Å². The van der Waals surface area contributed by atoms with Gasteiger partial charge in [-0.1, -0.05) is 65.5 Å². The minimum absolute atomic E-state index is 0.0140. The Balaban J connectivity index is 1.65. The Kier molecular flexibility index (Phi) is 6.46. The van der Waals surface area contributed by atoms with Crippen molar-refractivity contribution in [3.8, 4) is 0 Å². The standard InChI is InChI=1S/C27H18ClNO4S3/c1-15-6-8-16(9-7-15)34-21-14-22(35-17-10-12-18(13-11-17)36(28,32)33)25(29)24-23(21)26(30)19-4-2-3-5-20(19)27(24)31/h2-14H,29H2,1H3. The monoisotopic (exact) mass is 551 g/mol. The lowest BCUT2D eigenvalue weighted by molar-refractivity contribution is 0.0977. The number of benzene rings is 4. The van der Waals surface area contributed by atoms with Crippen LogP contribution < -0.4 is 5.73 Å². The Hall–Kier alpha value is -3.04. The first-order valence-electron chi connectivity index (χ1n) is 10.8. The molecule has 2 N–H and O–H groups in total. The highest BCUT2D eigenvalue weighted by molar-refractivity contribution is 8.13. The molecule has 1 aliphatic rings. The van der Waals surface area contributed by atoms with Gasteiger partial charge in [0.05, 0.1) is 16.1 Å². The summed E-state index contributed by atoms with van der Waals surface area (Å²) in [6, 6.07) is 22.5. The molecule has 0 aromatic heterocycles. The highest BCUT2D eigenvalue weighted by atomic mass is 35.7. The molecular formula is C27H18ClNO4S3. The number of aryl methyl sites for hydroxylation is 1. The summed E-state index contributed by atoms with van der Waals surface area (Å²) >= 11 is 2.67. The van der Waals surface area contributed by atoms with Gasteiger partial charge in [0.2, 0.25) is 0 Å². The van der Waals surface area contributed by atoms with Gasteiger partial charge in [-0.15, -0.1) is 0 Å². The summed E-state index contributed by atoms with van der Waals surface area (Å²) in [6.07, 6.45) is 0. The van der Waals surface area contributed by atoms with E-state index in [9.17, 15) is 18.0 Å². The van der Waals surface area contributed by atoms with E-state index in [2.05, 4.69) is 0 Å². The Morgan fingerprint density at radius 3 is 1.78 bits per heavy atom. The molecule has 0 amide bonds. The second-order valence-corrected chi connectivity index (χ2v) is 13.0. The van der Waals surface area contributed by atoms with Gasteiger partial charge in [0, 0.05) is 47.0 Å². The van der Waals surface area contributed by atoms with E-state index in [1.807, 2.05) is 37.3 Å². The lowest BCUT2D eigenvalue weighted by Crippen LogP contribution is -2.23. The molecule has 5 nitrogen and oxygen atoms in total. The average molecular weight is 552 g/mol. The van der Waals surface area contributed by atoms with E-state index in [1.54, 1.807) is 36.4 Å². The number of fused-ring (bicyclic) bond motifs is 2. The van der Waals surface area contributed by atoms with Gasteiger partial charge < -0.3 is 5.73 Å². The molecule has 0 unspecified atom stereocenters. The van der Waals surface area contributed by atoms with Crippen LogP contribution in [0, 0.1) is 6.92 Å². The molecule has 0 atom stereocenters. The van der Waals surface area contributed by atoms with Gasteiger partial charge in [-0.25, -0.2) is 8.42 Å². The second kappa shape index (κ2) is 9.44. The lowest BCUT2D eigenvalue weighted by atomic mass is 9.83. The first-order valence-corrected chi connectivity index (χ1v) is 14.7.